The van der Waals surface area contributed by atoms with Crippen molar-refractivity contribution in [1.82, 2.24) is 15.5 Å². The highest BCUT2D eigenvalue weighted by atomic mass is 16.2. The van der Waals surface area contributed by atoms with Crippen LogP contribution in [0.4, 0.5) is 4.79 Å². The summed E-state index contributed by atoms with van der Waals surface area (Å²) in [6.45, 7) is 2.74. The molecule has 0 heterocycles. The largest absolute Gasteiger partial charge is 0.336 e. The first-order valence-electron chi connectivity index (χ1n) is 9.46. The van der Waals surface area contributed by atoms with E-state index in [1.807, 2.05) is 20.2 Å². The zero-order valence-electron chi connectivity index (χ0n) is 16.0. The molecule has 0 fully saturated rings. The lowest BCUT2D eigenvalue weighted by molar-refractivity contribution is 0.229. The van der Waals surface area contributed by atoms with E-state index in [-0.39, 0.29) is 18.1 Å². The molecular formula is C22H29N3O. The van der Waals surface area contributed by atoms with E-state index in [0.29, 0.717) is 6.54 Å². The normalized spacial score (nSPS) is 17.0. The summed E-state index contributed by atoms with van der Waals surface area (Å²) in [6, 6.07) is 17.2. The van der Waals surface area contributed by atoms with Gasteiger partial charge in [-0.25, -0.2) is 4.79 Å². The number of carbonyl (C=O) groups excluding carboxylic acids is 1. The van der Waals surface area contributed by atoms with Crippen LogP contribution in [0.5, 0.6) is 0 Å². The Bertz CT molecular complexity index is 739. The van der Waals surface area contributed by atoms with E-state index in [2.05, 4.69) is 64.9 Å². The molecule has 4 heteroatoms. The molecule has 2 aromatic rings. The second kappa shape index (κ2) is 8.37. The van der Waals surface area contributed by atoms with E-state index >= 15 is 0 Å². The number of carbonyl (C=O) groups is 1. The number of rotatable bonds is 6. The minimum atomic E-state index is -0.0938. The van der Waals surface area contributed by atoms with Crippen molar-refractivity contribution >= 4 is 6.03 Å². The number of hydrogen-bond donors (Lipinski definition) is 2. The number of hydrogen-bond acceptors (Lipinski definition) is 2. The van der Waals surface area contributed by atoms with Gasteiger partial charge in [0.1, 0.15) is 0 Å². The minimum absolute atomic E-state index is 0.0938. The Hall–Kier alpha value is -2.33. The molecule has 1 aliphatic rings. The van der Waals surface area contributed by atoms with Crippen molar-refractivity contribution in [2.24, 2.45) is 0 Å². The highest BCUT2D eigenvalue weighted by molar-refractivity contribution is 5.74. The van der Waals surface area contributed by atoms with Gasteiger partial charge >= 0.3 is 6.03 Å². The van der Waals surface area contributed by atoms with Crippen LogP contribution in [-0.2, 0) is 12.8 Å². The maximum atomic E-state index is 12.4. The molecule has 138 valence electrons. The Morgan fingerprint density at radius 3 is 2.58 bits per heavy atom. The summed E-state index contributed by atoms with van der Waals surface area (Å²) in [5.74, 6) is 0. The lowest BCUT2D eigenvalue weighted by Crippen LogP contribution is -2.41. The lowest BCUT2D eigenvalue weighted by atomic mass is 10.0. The second-order valence-electron chi connectivity index (χ2n) is 7.22. The topological polar surface area (TPSA) is 44.4 Å². The standard InChI is InChI=1S/C22H29N3O/c1-4-16-9-11-18(12-10-16)21(25(2)3)15-23-22(26)24-20-14-13-17-7-5-6-8-19(17)20/h5-12,20-21H,4,13-15H2,1-3H3,(H2,23,24,26). The third kappa shape index (κ3) is 4.25. The van der Waals surface area contributed by atoms with Gasteiger partial charge in [-0.3, -0.25) is 0 Å². The van der Waals surface area contributed by atoms with Gasteiger partial charge in [0.15, 0.2) is 0 Å². The Morgan fingerprint density at radius 2 is 1.88 bits per heavy atom. The summed E-state index contributed by atoms with van der Waals surface area (Å²) in [7, 11) is 4.09. The number of urea groups is 1. The van der Waals surface area contributed by atoms with Crippen LogP contribution in [0.2, 0.25) is 0 Å². The first kappa shape index (κ1) is 18.5. The molecule has 4 nitrogen and oxygen atoms in total. The number of likely N-dealkylation sites (N-methyl/N-ethyl adjacent to an activating group) is 1. The van der Waals surface area contributed by atoms with Gasteiger partial charge in [-0.05, 0) is 55.6 Å². The summed E-state index contributed by atoms with van der Waals surface area (Å²) in [4.78, 5) is 14.6. The van der Waals surface area contributed by atoms with Crippen LogP contribution in [0.3, 0.4) is 0 Å². The third-order valence-electron chi connectivity index (χ3n) is 5.29. The Kier molecular flexibility index (Phi) is 5.94. The first-order valence-corrected chi connectivity index (χ1v) is 9.46. The zero-order chi connectivity index (χ0) is 18.5. The van der Waals surface area contributed by atoms with Gasteiger partial charge in [0.2, 0.25) is 0 Å². The first-order chi connectivity index (χ1) is 12.6. The predicted molar refractivity (Wildman–Crippen MR) is 106 cm³/mol. The monoisotopic (exact) mass is 351 g/mol. The Labute approximate surface area is 156 Å². The lowest BCUT2D eigenvalue weighted by Gasteiger charge is -2.26. The molecule has 0 bridgehead atoms. The average molecular weight is 351 g/mol. The summed E-state index contributed by atoms with van der Waals surface area (Å²) in [5, 5.41) is 6.19. The number of aryl methyl sites for hydroxylation is 2. The van der Waals surface area contributed by atoms with Crippen molar-refractivity contribution in [3.63, 3.8) is 0 Å². The van der Waals surface area contributed by atoms with Crippen LogP contribution in [0.1, 0.15) is 47.7 Å². The number of benzene rings is 2. The molecule has 0 saturated heterocycles. The van der Waals surface area contributed by atoms with Crippen LogP contribution in [-0.4, -0.2) is 31.6 Å². The minimum Gasteiger partial charge on any atom is -0.336 e. The van der Waals surface area contributed by atoms with Gasteiger partial charge in [0, 0.05) is 6.54 Å². The number of nitrogens with zero attached hydrogens (tertiary/aromatic N) is 1. The van der Waals surface area contributed by atoms with Crippen molar-refractivity contribution in [3.05, 3.63) is 70.8 Å². The summed E-state index contributed by atoms with van der Waals surface area (Å²) in [5.41, 5.74) is 5.15. The van der Waals surface area contributed by atoms with Gasteiger partial charge in [-0.2, -0.15) is 0 Å². The number of amides is 2. The molecule has 0 aliphatic heterocycles. The molecule has 0 saturated carbocycles. The summed E-state index contributed by atoms with van der Waals surface area (Å²) < 4.78 is 0. The highest BCUT2D eigenvalue weighted by Crippen LogP contribution is 2.30. The molecule has 2 N–H and O–H groups in total. The van der Waals surface area contributed by atoms with Crippen molar-refractivity contribution in [3.8, 4) is 0 Å². The van der Waals surface area contributed by atoms with Crippen molar-refractivity contribution < 1.29 is 4.79 Å². The summed E-state index contributed by atoms with van der Waals surface area (Å²) in [6.07, 6.45) is 3.05. The highest BCUT2D eigenvalue weighted by Gasteiger charge is 2.23. The average Bonchev–Trinajstić information content (AvgIpc) is 3.05. The predicted octanol–water partition coefficient (Wildman–Crippen LogP) is 3.84. The van der Waals surface area contributed by atoms with E-state index in [4.69, 9.17) is 0 Å². The molecule has 2 aromatic carbocycles. The van der Waals surface area contributed by atoms with Crippen LogP contribution in [0.25, 0.3) is 0 Å². The van der Waals surface area contributed by atoms with Crippen LogP contribution in [0.15, 0.2) is 48.5 Å². The third-order valence-corrected chi connectivity index (χ3v) is 5.29. The number of nitrogens with one attached hydrogen (secondary N) is 2. The molecule has 0 radical (unpaired) electrons. The smallest absolute Gasteiger partial charge is 0.315 e. The van der Waals surface area contributed by atoms with Crippen LogP contribution in [0, 0.1) is 0 Å². The van der Waals surface area contributed by atoms with Crippen LogP contribution < -0.4 is 10.6 Å². The van der Waals surface area contributed by atoms with Crippen molar-refractivity contribution in [2.75, 3.05) is 20.6 Å². The molecule has 1 aliphatic carbocycles. The van der Waals surface area contributed by atoms with Crippen molar-refractivity contribution in [2.45, 2.75) is 38.3 Å². The molecule has 26 heavy (non-hydrogen) atoms. The second-order valence-corrected chi connectivity index (χ2v) is 7.22. The van der Waals surface area contributed by atoms with Gasteiger partial charge in [-0.1, -0.05) is 55.5 Å². The van der Waals surface area contributed by atoms with Crippen LogP contribution >= 0.6 is 0 Å². The Morgan fingerprint density at radius 1 is 1.15 bits per heavy atom. The van der Waals surface area contributed by atoms with E-state index in [0.717, 1.165) is 19.3 Å². The fourth-order valence-electron chi connectivity index (χ4n) is 3.68. The SMILES string of the molecule is CCc1ccc(C(CNC(=O)NC2CCc3ccccc32)N(C)C)cc1. The fraction of sp³-hybridized carbons (Fsp3) is 0.409. The maximum Gasteiger partial charge on any atom is 0.315 e. The molecule has 0 aromatic heterocycles. The molecule has 3 rings (SSSR count). The molecule has 2 atom stereocenters. The van der Waals surface area contributed by atoms with Crippen molar-refractivity contribution in [1.29, 1.82) is 0 Å². The van der Waals surface area contributed by atoms with E-state index in [1.165, 1.54) is 22.3 Å². The summed E-state index contributed by atoms with van der Waals surface area (Å²) >= 11 is 0. The zero-order valence-corrected chi connectivity index (χ0v) is 16.0. The quantitative estimate of drug-likeness (QED) is 0.830. The molecule has 2 unspecified atom stereocenters. The fourth-order valence-corrected chi connectivity index (χ4v) is 3.68. The van der Waals surface area contributed by atoms with E-state index in [9.17, 15) is 4.79 Å². The van der Waals surface area contributed by atoms with Gasteiger partial charge in [0.05, 0.1) is 12.1 Å². The van der Waals surface area contributed by atoms with E-state index in [1.54, 1.807) is 0 Å². The Balaban J connectivity index is 1.58. The van der Waals surface area contributed by atoms with Gasteiger partial charge in [0.25, 0.3) is 0 Å². The molecule has 0 spiro atoms. The van der Waals surface area contributed by atoms with E-state index < -0.39 is 0 Å². The van der Waals surface area contributed by atoms with Gasteiger partial charge in [-0.15, -0.1) is 0 Å². The van der Waals surface area contributed by atoms with Gasteiger partial charge < -0.3 is 15.5 Å². The molecular weight excluding hydrogens is 322 g/mol. The maximum absolute atomic E-state index is 12.4. The number of fused-ring (bicyclic) bond motifs is 1. The molecule has 2 amide bonds.